The van der Waals surface area contributed by atoms with E-state index in [0.29, 0.717) is 0 Å². The van der Waals surface area contributed by atoms with E-state index >= 15 is 0 Å². The highest BCUT2D eigenvalue weighted by Gasteiger charge is 2.45. The zero-order chi connectivity index (χ0) is 40.9. The van der Waals surface area contributed by atoms with Crippen LogP contribution in [0, 0.1) is 83.1 Å². The third kappa shape index (κ3) is 5.79. The lowest BCUT2D eigenvalue weighted by atomic mass is 9.32. The van der Waals surface area contributed by atoms with E-state index in [1.54, 1.807) is 0 Å². The largest absolute Gasteiger partial charge is 0.311 e. The van der Waals surface area contributed by atoms with Crippen LogP contribution in [-0.4, -0.2) is 6.71 Å². The van der Waals surface area contributed by atoms with E-state index in [1.165, 1.54) is 117 Å². The van der Waals surface area contributed by atoms with Crippen molar-refractivity contribution in [2.24, 2.45) is 0 Å². The van der Waals surface area contributed by atoms with E-state index in [1.807, 2.05) is 0 Å². The molecule has 0 amide bonds. The molecule has 2 aliphatic rings. The molecule has 7 aromatic rings. The quantitative estimate of drug-likeness (QED) is 0.162. The number of rotatable bonds is 5. The van der Waals surface area contributed by atoms with Crippen molar-refractivity contribution in [1.82, 2.24) is 0 Å². The molecule has 0 saturated heterocycles. The molecule has 0 aliphatic carbocycles. The standard InChI is InChI=1S/C54H54BN3/c1-31-13-19-43(25-37(31)7)56(44-20-14-32(2)38(8)26-44)47-29-50-54-51(30-47)58(46-22-16-34(4)40(10)28-46)49-24-18-36(6)42(12)53(49)55(54)52-41(11)35(5)17-23-48(52)57(50)45-21-15-33(3)39(9)27-45/h13-30H,1-12H3. The normalized spacial score (nSPS) is 12.7. The highest BCUT2D eigenvalue weighted by Crippen LogP contribution is 2.49. The van der Waals surface area contributed by atoms with Crippen molar-refractivity contribution in [2.75, 3.05) is 14.7 Å². The molecule has 0 bridgehead atoms. The maximum absolute atomic E-state index is 2.57. The second kappa shape index (κ2) is 13.8. The van der Waals surface area contributed by atoms with Crippen molar-refractivity contribution in [1.29, 1.82) is 0 Å². The predicted molar refractivity (Wildman–Crippen MR) is 252 cm³/mol. The fraction of sp³-hybridized carbons (Fsp3) is 0.222. The van der Waals surface area contributed by atoms with Gasteiger partial charge in [0.2, 0.25) is 0 Å². The van der Waals surface area contributed by atoms with Crippen LogP contribution in [0.2, 0.25) is 0 Å². The second-order valence-corrected chi connectivity index (χ2v) is 17.3. The summed E-state index contributed by atoms with van der Waals surface area (Å²) < 4.78 is 0. The van der Waals surface area contributed by atoms with Gasteiger partial charge in [0.05, 0.1) is 5.69 Å². The summed E-state index contributed by atoms with van der Waals surface area (Å²) in [6.07, 6.45) is 0. The van der Waals surface area contributed by atoms with Crippen LogP contribution in [0.4, 0.5) is 51.2 Å². The van der Waals surface area contributed by atoms with Gasteiger partial charge < -0.3 is 14.7 Å². The molecule has 0 unspecified atom stereocenters. The van der Waals surface area contributed by atoms with Crippen molar-refractivity contribution in [3.05, 3.63) is 176 Å². The van der Waals surface area contributed by atoms with Crippen LogP contribution in [0.15, 0.2) is 109 Å². The smallest absolute Gasteiger partial charge is 0.252 e. The first-order chi connectivity index (χ1) is 27.7. The van der Waals surface area contributed by atoms with Gasteiger partial charge in [-0.3, -0.25) is 0 Å². The number of benzene rings is 7. The molecule has 0 atom stereocenters. The average Bonchev–Trinajstić information content (AvgIpc) is 3.19. The predicted octanol–water partition coefficient (Wildman–Crippen LogP) is 12.9. The fourth-order valence-electron chi connectivity index (χ4n) is 9.32. The Labute approximate surface area is 346 Å². The Kier molecular flexibility index (Phi) is 8.96. The Balaban J connectivity index is 1.47. The molecule has 3 nitrogen and oxygen atoms in total. The molecule has 0 aromatic heterocycles. The minimum absolute atomic E-state index is 0.0473. The number of hydrogen-bond donors (Lipinski definition) is 0. The summed E-state index contributed by atoms with van der Waals surface area (Å²) in [5.74, 6) is 0. The minimum Gasteiger partial charge on any atom is -0.311 e. The molecule has 58 heavy (non-hydrogen) atoms. The van der Waals surface area contributed by atoms with Gasteiger partial charge in [-0.2, -0.15) is 0 Å². The first-order valence-electron chi connectivity index (χ1n) is 20.8. The number of nitrogens with zero attached hydrogens (tertiary/aromatic N) is 3. The fourth-order valence-corrected chi connectivity index (χ4v) is 9.32. The van der Waals surface area contributed by atoms with Crippen LogP contribution < -0.4 is 31.1 Å². The van der Waals surface area contributed by atoms with E-state index in [9.17, 15) is 0 Å². The number of aryl methyl sites for hydroxylation is 10. The number of anilines is 9. The summed E-state index contributed by atoms with van der Waals surface area (Å²) in [4.78, 5) is 7.62. The SMILES string of the molecule is Cc1ccc(N(c2ccc(C)c(C)c2)c2cc3c4c(c2)N(c2ccc(C)c(C)c2)c2ccc(C)c(C)c2B4c2c(ccc(C)c2C)N3c2ccc(C)c(C)c2)cc1C. The van der Waals surface area contributed by atoms with Crippen molar-refractivity contribution in [2.45, 2.75) is 83.1 Å². The van der Waals surface area contributed by atoms with E-state index in [0.717, 1.165) is 17.1 Å². The lowest BCUT2D eigenvalue weighted by molar-refractivity contribution is 1.19. The zero-order valence-electron chi connectivity index (χ0n) is 36.3. The molecule has 0 N–H and O–H groups in total. The maximum atomic E-state index is 2.57. The van der Waals surface area contributed by atoms with E-state index in [2.05, 4.69) is 207 Å². The molecule has 288 valence electrons. The van der Waals surface area contributed by atoms with E-state index < -0.39 is 0 Å². The van der Waals surface area contributed by atoms with Gasteiger partial charge in [-0.1, -0.05) is 47.5 Å². The van der Waals surface area contributed by atoms with Gasteiger partial charge in [0, 0.05) is 45.5 Å². The summed E-state index contributed by atoms with van der Waals surface area (Å²) >= 11 is 0. The Bertz CT molecular complexity index is 2660. The van der Waals surface area contributed by atoms with Crippen molar-refractivity contribution < 1.29 is 0 Å². The molecule has 4 heteroatoms. The molecular formula is C54H54BN3. The molecule has 0 radical (unpaired) electrons. The molecule has 2 aliphatic heterocycles. The van der Waals surface area contributed by atoms with Crippen LogP contribution in [-0.2, 0) is 0 Å². The molecular weight excluding hydrogens is 701 g/mol. The number of fused-ring (bicyclic) bond motifs is 4. The highest BCUT2D eigenvalue weighted by molar-refractivity contribution is 7.01. The summed E-state index contributed by atoms with van der Waals surface area (Å²) in [6.45, 7) is 27.0. The summed E-state index contributed by atoms with van der Waals surface area (Å²) in [7, 11) is 0. The summed E-state index contributed by atoms with van der Waals surface area (Å²) in [6, 6.07) is 42.2. The van der Waals surface area contributed by atoms with Gasteiger partial charge in [-0.15, -0.1) is 0 Å². The Morgan fingerprint density at radius 1 is 0.310 bits per heavy atom. The van der Waals surface area contributed by atoms with Gasteiger partial charge in [0.1, 0.15) is 0 Å². The van der Waals surface area contributed by atoms with E-state index in [4.69, 9.17) is 0 Å². The lowest BCUT2D eigenvalue weighted by Crippen LogP contribution is -2.63. The van der Waals surface area contributed by atoms with E-state index in [-0.39, 0.29) is 6.71 Å². The Morgan fingerprint density at radius 2 is 0.672 bits per heavy atom. The van der Waals surface area contributed by atoms with Crippen LogP contribution >= 0.6 is 0 Å². The third-order valence-electron chi connectivity index (χ3n) is 13.7. The molecule has 9 rings (SSSR count). The summed E-state index contributed by atoms with van der Waals surface area (Å²) in [5, 5.41) is 0. The average molecular weight is 756 g/mol. The van der Waals surface area contributed by atoms with Gasteiger partial charge in [-0.05, 0) is 228 Å². The van der Waals surface area contributed by atoms with Gasteiger partial charge in [0.25, 0.3) is 6.71 Å². The third-order valence-corrected chi connectivity index (χ3v) is 13.7. The lowest BCUT2D eigenvalue weighted by Gasteiger charge is -2.46. The molecule has 0 spiro atoms. The first-order valence-corrected chi connectivity index (χ1v) is 20.8. The zero-order valence-corrected chi connectivity index (χ0v) is 36.3. The van der Waals surface area contributed by atoms with Gasteiger partial charge in [0.15, 0.2) is 0 Å². The number of hydrogen-bond acceptors (Lipinski definition) is 3. The highest BCUT2D eigenvalue weighted by atomic mass is 15.2. The first kappa shape index (κ1) is 37.6. The van der Waals surface area contributed by atoms with Gasteiger partial charge in [-0.25, -0.2) is 0 Å². The van der Waals surface area contributed by atoms with Crippen LogP contribution in [0.25, 0.3) is 0 Å². The summed E-state index contributed by atoms with van der Waals surface area (Å²) in [5.41, 5.74) is 30.5. The van der Waals surface area contributed by atoms with Crippen LogP contribution in [0.3, 0.4) is 0 Å². The second-order valence-electron chi connectivity index (χ2n) is 17.3. The monoisotopic (exact) mass is 755 g/mol. The van der Waals surface area contributed by atoms with Crippen molar-refractivity contribution >= 4 is 74.3 Å². The molecule has 7 aromatic carbocycles. The van der Waals surface area contributed by atoms with Crippen LogP contribution in [0.1, 0.15) is 66.8 Å². The van der Waals surface area contributed by atoms with Crippen LogP contribution in [0.5, 0.6) is 0 Å². The van der Waals surface area contributed by atoms with Gasteiger partial charge >= 0.3 is 0 Å². The molecule has 0 saturated carbocycles. The topological polar surface area (TPSA) is 9.72 Å². The van der Waals surface area contributed by atoms with Crippen molar-refractivity contribution in [3.8, 4) is 0 Å². The Morgan fingerprint density at radius 3 is 1.05 bits per heavy atom. The molecule has 0 fully saturated rings. The molecule has 2 heterocycles. The minimum atomic E-state index is 0.0473. The van der Waals surface area contributed by atoms with Crippen molar-refractivity contribution in [3.63, 3.8) is 0 Å². The maximum Gasteiger partial charge on any atom is 0.252 e. The Hall–Kier alpha value is -6.00.